The van der Waals surface area contributed by atoms with Gasteiger partial charge in [-0.2, -0.15) is 4.58 Å². The molecule has 0 unspecified atom stereocenters. The van der Waals surface area contributed by atoms with E-state index in [2.05, 4.69) is 98.7 Å². The molecule has 0 amide bonds. The third-order valence-corrected chi connectivity index (χ3v) is 10.2. The van der Waals surface area contributed by atoms with Crippen LogP contribution in [-0.4, -0.2) is 44.2 Å². The number of carbonyl (C=O) groups is 1. The fourth-order valence-corrected chi connectivity index (χ4v) is 7.61. The van der Waals surface area contributed by atoms with Gasteiger partial charge in [0.25, 0.3) is 0 Å². The van der Waals surface area contributed by atoms with E-state index < -0.39 is 19.0 Å². The lowest BCUT2D eigenvalue weighted by Gasteiger charge is -2.25. The van der Waals surface area contributed by atoms with Gasteiger partial charge in [-0.15, -0.1) is 0 Å². The number of nitrogens with zero attached hydrogens (tertiary/aromatic N) is 2. The van der Waals surface area contributed by atoms with Gasteiger partial charge in [-0.05, 0) is 80.3 Å². The van der Waals surface area contributed by atoms with Gasteiger partial charge < -0.3 is 19.8 Å². The topological polar surface area (TPSA) is 101 Å². The molecule has 0 bridgehead atoms. The van der Waals surface area contributed by atoms with Crippen molar-refractivity contribution in [2.45, 2.75) is 71.1 Å². The Bertz CT molecular complexity index is 1810. The standard InChI is InChI=1S/C37H43N2O5P/c1-6-38-30-23-21-27(45(42,43)44)25-29(30)36(2,3)32(38)17-9-7-10-18-33-37(4,5)35-28-16-13-12-15-26(28)20-22-31(35)39(33)24-14-8-11-19-34(40)41/h7,9-10,12-13,15-18,20-23,25H,6,8,11,14,19,24H2,1-5H3,(H2-,40,41,42,43,44)/p+1. The maximum absolute atomic E-state index is 12.0. The lowest BCUT2D eigenvalue weighted by atomic mass is 9.79. The first-order valence-corrected chi connectivity index (χ1v) is 17.3. The van der Waals surface area contributed by atoms with E-state index in [-0.39, 0.29) is 17.1 Å². The average molecular weight is 628 g/mol. The number of carboxylic acids is 1. The highest BCUT2D eigenvalue weighted by Gasteiger charge is 2.45. The van der Waals surface area contributed by atoms with Gasteiger partial charge in [0.1, 0.15) is 6.54 Å². The molecule has 3 aromatic carbocycles. The molecule has 0 saturated carbocycles. The minimum absolute atomic E-state index is 0.0431. The largest absolute Gasteiger partial charge is 0.481 e. The lowest BCUT2D eigenvalue weighted by Crippen LogP contribution is -2.28. The van der Waals surface area contributed by atoms with Crippen molar-refractivity contribution < 1.29 is 28.8 Å². The van der Waals surface area contributed by atoms with Crippen molar-refractivity contribution in [2.24, 2.45) is 0 Å². The first-order valence-electron chi connectivity index (χ1n) is 15.7. The summed E-state index contributed by atoms with van der Waals surface area (Å²) in [6, 6.07) is 17.9. The fourth-order valence-electron chi connectivity index (χ4n) is 7.04. The van der Waals surface area contributed by atoms with Crippen molar-refractivity contribution in [3.63, 3.8) is 0 Å². The highest BCUT2D eigenvalue weighted by molar-refractivity contribution is 7.60. The zero-order valence-corrected chi connectivity index (χ0v) is 27.7. The third kappa shape index (κ3) is 6.22. The Labute approximate surface area is 266 Å². The molecule has 7 nitrogen and oxygen atoms in total. The summed E-state index contributed by atoms with van der Waals surface area (Å²) in [5.74, 6) is -0.746. The second-order valence-corrected chi connectivity index (χ2v) is 14.6. The molecule has 5 rings (SSSR count). The van der Waals surface area contributed by atoms with Crippen molar-refractivity contribution in [3.05, 3.63) is 102 Å². The summed E-state index contributed by atoms with van der Waals surface area (Å²) in [5, 5.41) is 11.6. The molecule has 0 fully saturated rings. The lowest BCUT2D eigenvalue weighted by molar-refractivity contribution is -0.438. The first-order chi connectivity index (χ1) is 21.3. The average Bonchev–Trinajstić information content (AvgIpc) is 3.34. The van der Waals surface area contributed by atoms with Crippen LogP contribution in [0.4, 0.5) is 11.4 Å². The second-order valence-electron chi connectivity index (χ2n) is 13.0. The van der Waals surface area contributed by atoms with Crippen LogP contribution in [0, 0.1) is 0 Å². The van der Waals surface area contributed by atoms with Gasteiger partial charge in [0.05, 0.1) is 10.7 Å². The molecule has 0 saturated heterocycles. The van der Waals surface area contributed by atoms with Crippen LogP contribution in [0.25, 0.3) is 10.8 Å². The quantitative estimate of drug-likeness (QED) is 0.0882. The number of rotatable bonds is 11. The molecule has 3 aromatic rings. The van der Waals surface area contributed by atoms with Crippen LogP contribution in [0.3, 0.4) is 0 Å². The molecule has 0 radical (unpaired) electrons. The fraction of sp³-hybridized carbons (Fsp3) is 0.351. The smallest absolute Gasteiger partial charge is 0.356 e. The van der Waals surface area contributed by atoms with Gasteiger partial charge in [0, 0.05) is 53.9 Å². The summed E-state index contributed by atoms with van der Waals surface area (Å²) in [7, 11) is -4.35. The van der Waals surface area contributed by atoms with Crippen molar-refractivity contribution in [2.75, 3.05) is 18.0 Å². The number of benzene rings is 3. The molecule has 236 valence electrons. The Hall–Kier alpha value is -3.77. The second kappa shape index (κ2) is 12.6. The van der Waals surface area contributed by atoms with Gasteiger partial charge in [-0.3, -0.25) is 9.36 Å². The Morgan fingerprint density at radius 2 is 1.69 bits per heavy atom. The van der Waals surface area contributed by atoms with Gasteiger partial charge in [0.15, 0.2) is 5.71 Å². The molecule has 45 heavy (non-hydrogen) atoms. The van der Waals surface area contributed by atoms with Crippen molar-refractivity contribution in [1.29, 1.82) is 0 Å². The summed E-state index contributed by atoms with van der Waals surface area (Å²) in [4.78, 5) is 32.7. The van der Waals surface area contributed by atoms with Crippen molar-refractivity contribution in [1.82, 2.24) is 0 Å². The Morgan fingerprint density at radius 3 is 2.40 bits per heavy atom. The molecule has 0 spiro atoms. The van der Waals surface area contributed by atoms with Gasteiger partial charge in [-0.25, -0.2) is 0 Å². The summed E-state index contributed by atoms with van der Waals surface area (Å²) < 4.78 is 14.4. The molecule has 2 aliphatic rings. The maximum Gasteiger partial charge on any atom is 0.356 e. The van der Waals surface area contributed by atoms with E-state index in [0.717, 1.165) is 42.9 Å². The van der Waals surface area contributed by atoms with Gasteiger partial charge in [0.2, 0.25) is 5.69 Å². The van der Waals surface area contributed by atoms with E-state index in [0.29, 0.717) is 6.42 Å². The molecular formula is C37H44N2O5P+. The zero-order valence-electron chi connectivity index (χ0n) is 26.8. The number of fused-ring (bicyclic) bond motifs is 4. The SMILES string of the molecule is CCN1/C(=C/C=C/C=C/C2=[N+](CCCCCC(=O)O)c3ccc4ccccc4c3C2(C)C)C(C)(C)c2cc(P(=O)(O)O)ccc21. The van der Waals surface area contributed by atoms with E-state index in [9.17, 15) is 19.1 Å². The molecule has 3 N–H and O–H groups in total. The van der Waals surface area contributed by atoms with E-state index >= 15 is 0 Å². The van der Waals surface area contributed by atoms with E-state index in [1.807, 2.05) is 18.2 Å². The Kier molecular flexibility index (Phi) is 9.10. The van der Waals surface area contributed by atoms with E-state index in [1.165, 1.54) is 33.8 Å². The zero-order chi connectivity index (χ0) is 32.6. The first kappa shape index (κ1) is 32.6. The third-order valence-electron chi connectivity index (χ3n) is 9.28. The summed E-state index contributed by atoms with van der Waals surface area (Å²) in [6.45, 7) is 12.4. The Morgan fingerprint density at radius 1 is 0.933 bits per heavy atom. The number of aliphatic carboxylic acids is 1. The number of anilines is 1. The molecular weight excluding hydrogens is 583 g/mol. The number of carboxylic acid groups (broad SMARTS) is 1. The van der Waals surface area contributed by atoms with Crippen LogP contribution >= 0.6 is 7.60 Å². The maximum atomic E-state index is 12.0. The van der Waals surface area contributed by atoms with Crippen LogP contribution in [0.5, 0.6) is 0 Å². The van der Waals surface area contributed by atoms with Gasteiger partial charge in [-0.1, -0.05) is 56.3 Å². The van der Waals surface area contributed by atoms with Gasteiger partial charge >= 0.3 is 13.6 Å². The van der Waals surface area contributed by atoms with Crippen LogP contribution in [0.15, 0.2) is 90.7 Å². The summed E-state index contributed by atoms with van der Waals surface area (Å²) in [5.41, 5.74) is 6.03. The number of hydrogen-bond acceptors (Lipinski definition) is 3. The molecule has 2 heterocycles. The van der Waals surface area contributed by atoms with Crippen LogP contribution in [-0.2, 0) is 20.2 Å². The number of likely N-dealkylation sites (N-methyl/N-ethyl adjacent to an activating group) is 1. The van der Waals surface area contributed by atoms with Crippen molar-refractivity contribution >= 4 is 46.7 Å². The number of allylic oxidation sites excluding steroid dienone is 6. The number of unbranched alkanes of at least 4 members (excludes halogenated alkanes) is 2. The molecule has 0 atom stereocenters. The minimum Gasteiger partial charge on any atom is -0.481 e. The molecule has 0 aromatic heterocycles. The Balaban J connectivity index is 1.45. The monoisotopic (exact) mass is 627 g/mol. The predicted molar refractivity (Wildman–Crippen MR) is 183 cm³/mol. The predicted octanol–water partition coefficient (Wildman–Crippen LogP) is 7.48. The van der Waals surface area contributed by atoms with E-state index in [1.54, 1.807) is 6.07 Å². The van der Waals surface area contributed by atoms with Crippen molar-refractivity contribution in [3.8, 4) is 0 Å². The van der Waals surface area contributed by atoms with Crippen LogP contribution in [0.2, 0.25) is 0 Å². The number of hydrogen-bond donors (Lipinski definition) is 3. The molecule has 8 heteroatoms. The summed E-state index contributed by atoms with van der Waals surface area (Å²) >= 11 is 0. The van der Waals surface area contributed by atoms with Crippen LogP contribution < -0.4 is 10.2 Å². The normalized spacial score (nSPS) is 18.1. The van der Waals surface area contributed by atoms with Crippen LogP contribution in [0.1, 0.15) is 71.4 Å². The summed E-state index contributed by atoms with van der Waals surface area (Å²) in [6.07, 6.45) is 13.1. The highest BCUT2D eigenvalue weighted by atomic mass is 31.2. The van der Waals surface area contributed by atoms with E-state index in [4.69, 9.17) is 5.11 Å². The molecule has 2 aliphatic heterocycles. The molecule has 0 aliphatic carbocycles. The highest BCUT2D eigenvalue weighted by Crippen LogP contribution is 2.49. The minimum atomic E-state index is -4.35.